The lowest BCUT2D eigenvalue weighted by atomic mass is 9.90. The molecule has 1 saturated heterocycles. The Bertz CT molecular complexity index is 349. The largest absolute Gasteiger partial charge is 0.450 e. The summed E-state index contributed by atoms with van der Waals surface area (Å²) in [6.45, 7) is 4.39. The Morgan fingerprint density at radius 1 is 1.42 bits per heavy atom. The highest BCUT2D eigenvalue weighted by atomic mass is 16.5. The highest BCUT2D eigenvalue weighted by Crippen LogP contribution is 2.37. The first-order valence-electron chi connectivity index (χ1n) is 7.23. The molecule has 0 bridgehead atoms. The van der Waals surface area contributed by atoms with Gasteiger partial charge in [-0.3, -0.25) is 4.90 Å². The smallest absolute Gasteiger partial charge is 0.407 e. The molecule has 19 heavy (non-hydrogen) atoms. The maximum atomic E-state index is 11.5. The molecule has 0 radical (unpaired) electrons. The summed E-state index contributed by atoms with van der Waals surface area (Å²) in [5.74, 6) is 1.48. The van der Waals surface area contributed by atoms with Crippen molar-refractivity contribution in [1.29, 1.82) is 5.26 Å². The van der Waals surface area contributed by atoms with Crippen molar-refractivity contribution >= 4 is 6.09 Å². The molecule has 1 aliphatic heterocycles. The zero-order chi connectivity index (χ0) is 13.7. The summed E-state index contributed by atoms with van der Waals surface area (Å²) in [5, 5.41) is 11.8. The molecule has 2 unspecified atom stereocenters. The Balaban J connectivity index is 1.85. The Labute approximate surface area is 114 Å². The minimum absolute atomic E-state index is 0.116. The van der Waals surface area contributed by atoms with Gasteiger partial charge in [-0.05, 0) is 31.6 Å². The van der Waals surface area contributed by atoms with Crippen LogP contribution in [0.5, 0.6) is 0 Å². The highest BCUT2D eigenvalue weighted by Gasteiger charge is 2.32. The van der Waals surface area contributed by atoms with E-state index in [1.807, 2.05) is 0 Å². The maximum absolute atomic E-state index is 11.5. The van der Waals surface area contributed by atoms with E-state index < -0.39 is 0 Å². The van der Waals surface area contributed by atoms with Crippen molar-refractivity contribution in [3.63, 3.8) is 0 Å². The van der Waals surface area contributed by atoms with Crippen LogP contribution >= 0.6 is 0 Å². The number of amides is 1. The van der Waals surface area contributed by atoms with Crippen LogP contribution in [0.15, 0.2) is 0 Å². The molecule has 2 fully saturated rings. The third kappa shape index (κ3) is 4.71. The predicted octanol–water partition coefficient (Wildman–Crippen LogP) is 1.75. The van der Waals surface area contributed by atoms with Crippen LogP contribution in [-0.4, -0.2) is 43.3 Å². The van der Waals surface area contributed by atoms with Crippen LogP contribution in [0.4, 0.5) is 4.79 Å². The van der Waals surface area contributed by atoms with Crippen LogP contribution in [0.3, 0.4) is 0 Å². The van der Waals surface area contributed by atoms with Crippen molar-refractivity contribution in [2.75, 3.05) is 26.2 Å². The van der Waals surface area contributed by atoms with Gasteiger partial charge in [0.1, 0.15) is 0 Å². The first-order valence-corrected chi connectivity index (χ1v) is 7.23. The molecule has 1 saturated carbocycles. The highest BCUT2D eigenvalue weighted by molar-refractivity contribution is 5.67. The topological polar surface area (TPSA) is 65.4 Å². The van der Waals surface area contributed by atoms with E-state index in [1.54, 1.807) is 6.92 Å². The summed E-state index contributed by atoms with van der Waals surface area (Å²) in [6.07, 6.45) is 4.62. The predicted molar refractivity (Wildman–Crippen MR) is 71.4 cm³/mol. The number of rotatable bonds is 5. The van der Waals surface area contributed by atoms with Gasteiger partial charge in [0.15, 0.2) is 0 Å². The van der Waals surface area contributed by atoms with Gasteiger partial charge in [-0.15, -0.1) is 0 Å². The molecule has 2 aliphatic rings. The van der Waals surface area contributed by atoms with Crippen molar-refractivity contribution in [3.8, 4) is 6.07 Å². The van der Waals surface area contributed by atoms with Crippen LogP contribution < -0.4 is 5.32 Å². The SMILES string of the molecule is CCOC(=O)NC1CC(CC2CC2)CN(CC#N)C1. The molecule has 2 atom stereocenters. The second-order valence-corrected chi connectivity index (χ2v) is 5.69. The minimum Gasteiger partial charge on any atom is -0.450 e. The first-order chi connectivity index (χ1) is 9.21. The number of hydrogen-bond acceptors (Lipinski definition) is 4. The fourth-order valence-corrected chi connectivity index (χ4v) is 2.97. The zero-order valence-electron chi connectivity index (χ0n) is 11.6. The summed E-state index contributed by atoms with van der Waals surface area (Å²) in [5.41, 5.74) is 0. The molecule has 0 aromatic carbocycles. The molecule has 5 heteroatoms. The molecule has 1 heterocycles. The summed E-state index contributed by atoms with van der Waals surface area (Å²) >= 11 is 0. The molecule has 5 nitrogen and oxygen atoms in total. The zero-order valence-corrected chi connectivity index (χ0v) is 11.6. The number of carbonyl (C=O) groups excluding carboxylic acids is 1. The molecular formula is C14H23N3O2. The van der Waals surface area contributed by atoms with Gasteiger partial charge < -0.3 is 10.1 Å². The number of ether oxygens (including phenoxy) is 1. The van der Waals surface area contributed by atoms with Crippen LogP contribution in [-0.2, 0) is 4.74 Å². The number of nitrogens with one attached hydrogen (secondary N) is 1. The van der Waals surface area contributed by atoms with Gasteiger partial charge >= 0.3 is 6.09 Å². The first kappa shape index (κ1) is 14.1. The number of nitrogens with zero attached hydrogens (tertiary/aromatic N) is 2. The quantitative estimate of drug-likeness (QED) is 0.769. The second-order valence-electron chi connectivity index (χ2n) is 5.69. The molecular weight excluding hydrogens is 242 g/mol. The van der Waals surface area contributed by atoms with E-state index in [2.05, 4.69) is 16.3 Å². The van der Waals surface area contributed by atoms with E-state index in [-0.39, 0.29) is 12.1 Å². The number of carbonyl (C=O) groups is 1. The van der Waals surface area contributed by atoms with Gasteiger partial charge in [-0.25, -0.2) is 4.79 Å². The van der Waals surface area contributed by atoms with Crippen LogP contribution in [0, 0.1) is 23.2 Å². The Morgan fingerprint density at radius 3 is 2.84 bits per heavy atom. The minimum atomic E-state index is -0.337. The second kappa shape index (κ2) is 6.76. The third-order valence-corrected chi connectivity index (χ3v) is 3.87. The molecule has 1 amide bonds. The van der Waals surface area contributed by atoms with Gasteiger partial charge in [-0.1, -0.05) is 12.8 Å². The summed E-state index contributed by atoms with van der Waals surface area (Å²) < 4.78 is 4.93. The molecule has 0 aromatic heterocycles. The summed E-state index contributed by atoms with van der Waals surface area (Å²) in [6, 6.07) is 2.32. The number of alkyl carbamates (subject to hydrolysis) is 1. The average molecular weight is 265 g/mol. The van der Waals surface area contributed by atoms with E-state index in [0.717, 1.165) is 25.4 Å². The molecule has 1 aliphatic carbocycles. The molecule has 106 valence electrons. The van der Waals surface area contributed by atoms with Crippen molar-refractivity contribution in [2.24, 2.45) is 11.8 Å². The fourth-order valence-electron chi connectivity index (χ4n) is 2.97. The van der Waals surface area contributed by atoms with Gasteiger partial charge in [0.2, 0.25) is 0 Å². The lowest BCUT2D eigenvalue weighted by Gasteiger charge is -2.36. The van der Waals surface area contributed by atoms with Crippen LogP contribution in [0.25, 0.3) is 0 Å². The third-order valence-electron chi connectivity index (χ3n) is 3.87. The summed E-state index contributed by atoms with van der Waals surface area (Å²) in [4.78, 5) is 13.6. The van der Waals surface area contributed by atoms with Crippen LogP contribution in [0.1, 0.15) is 32.6 Å². The van der Waals surface area contributed by atoms with Crippen molar-refractivity contribution < 1.29 is 9.53 Å². The van der Waals surface area contributed by atoms with Gasteiger partial charge in [0, 0.05) is 19.1 Å². The number of hydrogen-bond donors (Lipinski definition) is 1. The lowest BCUT2D eigenvalue weighted by Crippen LogP contribution is -2.51. The Hall–Kier alpha value is -1.28. The molecule has 0 spiro atoms. The van der Waals surface area contributed by atoms with Crippen molar-refractivity contribution in [2.45, 2.75) is 38.6 Å². The van der Waals surface area contributed by atoms with E-state index in [1.165, 1.54) is 19.3 Å². The van der Waals surface area contributed by atoms with Gasteiger partial charge in [0.05, 0.1) is 19.2 Å². The number of likely N-dealkylation sites (tertiary alicyclic amines) is 1. The number of nitriles is 1. The van der Waals surface area contributed by atoms with Crippen molar-refractivity contribution in [1.82, 2.24) is 10.2 Å². The summed E-state index contributed by atoms with van der Waals surface area (Å²) in [7, 11) is 0. The molecule has 0 aromatic rings. The molecule has 1 N–H and O–H groups in total. The van der Waals surface area contributed by atoms with E-state index >= 15 is 0 Å². The molecule has 2 rings (SSSR count). The number of piperidine rings is 1. The monoisotopic (exact) mass is 265 g/mol. The van der Waals surface area contributed by atoms with Crippen molar-refractivity contribution in [3.05, 3.63) is 0 Å². The normalized spacial score (nSPS) is 27.6. The van der Waals surface area contributed by atoms with E-state index in [9.17, 15) is 4.79 Å². The van der Waals surface area contributed by atoms with E-state index in [4.69, 9.17) is 10.00 Å². The standard InChI is InChI=1S/C14H23N3O2/c1-2-19-14(18)16-13-8-12(7-11-3-4-11)9-17(10-13)6-5-15/h11-13H,2-4,6-10H2,1H3,(H,16,18). The lowest BCUT2D eigenvalue weighted by molar-refractivity contribution is 0.119. The van der Waals surface area contributed by atoms with E-state index in [0.29, 0.717) is 19.1 Å². The van der Waals surface area contributed by atoms with Gasteiger partial charge in [0.25, 0.3) is 0 Å². The fraction of sp³-hybridized carbons (Fsp3) is 0.857. The Morgan fingerprint density at radius 2 is 2.21 bits per heavy atom. The van der Waals surface area contributed by atoms with Gasteiger partial charge in [-0.2, -0.15) is 5.26 Å². The maximum Gasteiger partial charge on any atom is 0.407 e. The Kier molecular flexibility index (Phi) is 5.03. The average Bonchev–Trinajstić information content (AvgIpc) is 3.13. The van der Waals surface area contributed by atoms with Crippen LogP contribution in [0.2, 0.25) is 0 Å².